The summed E-state index contributed by atoms with van der Waals surface area (Å²) >= 11 is 12.9. The van der Waals surface area contributed by atoms with Gasteiger partial charge in [-0.2, -0.15) is 0 Å². The Morgan fingerprint density at radius 1 is 0.977 bits per heavy atom. The van der Waals surface area contributed by atoms with Gasteiger partial charge >= 0.3 is 0 Å². The topological polar surface area (TPSA) is 96.0 Å². The summed E-state index contributed by atoms with van der Waals surface area (Å²) in [4.78, 5) is 29.5. The molecule has 2 amide bonds. The van der Waals surface area contributed by atoms with E-state index in [1.165, 1.54) is 36.3 Å². The number of amides is 2. The third-order valence-electron chi connectivity index (χ3n) is 7.95. The van der Waals surface area contributed by atoms with Gasteiger partial charge in [-0.25, -0.2) is 8.42 Å². The van der Waals surface area contributed by atoms with E-state index in [4.69, 9.17) is 27.9 Å². The van der Waals surface area contributed by atoms with Crippen molar-refractivity contribution in [2.45, 2.75) is 75.9 Å². The molecule has 3 aromatic carbocycles. The predicted molar refractivity (Wildman–Crippen MR) is 175 cm³/mol. The molecule has 44 heavy (non-hydrogen) atoms. The predicted octanol–water partition coefficient (Wildman–Crippen LogP) is 6.76. The molecule has 236 valence electrons. The fourth-order valence-corrected chi connectivity index (χ4v) is 7.30. The monoisotopic (exact) mass is 659 g/mol. The number of hydrogen-bond acceptors (Lipinski definition) is 5. The van der Waals surface area contributed by atoms with Gasteiger partial charge in [0.15, 0.2) is 0 Å². The van der Waals surface area contributed by atoms with Crippen molar-refractivity contribution in [3.05, 3.63) is 87.9 Å². The van der Waals surface area contributed by atoms with Crippen LogP contribution in [-0.4, -0.2) is 50.9 Å². The minimum absolute atomic E-state index is 0.0163. The summed E-state index contributed by atoms with van der Waals surface area (Å²) in [5, 5.41) is 3.77. The van der Waals surface area contributed by atoms with E-state index >= 15 is 0 Å². The van der Waals surface area contributed by atoms with Gasteiger partial charge in [-0.3, -0.25) is 13.9 Å². The lowest BCUT2D eigenvalue weighted by Gasteiger charge is -2.34. The Kier molecular flexibility index (Phi) is 11.6. The number of carbonyl (C=O) groups excluding carboxylic acids is 2. The van der Waals surface area contributed by atoms with E-state index in [0.717, 1.165) is 42.0 Å². The first kappa shape index (κ1) is 33.6. The summed E-state index contributed by atoms with van der Waals surface area (Å²) in [7, 11) is -2.77. The number of sulfonamides is 1. The summed E-state index contributed by atoms with van der Waals surface area (Å²) in [6.07, 6.45) is 5.33. The summed E-state index contributed by atoms with van der Waals surface area (Å²) < 4.78 is 34.5. The zero-order chi connectivity index (χ0) is 31.9. The second-order valence-electron chi connectivity index (χ2n) is 11.0. The number of rotatable bonds is 12. The molecule has 0 spiro atoms. The number of benzene rings is 3. The van der Waals surface area contributed by atoms with Crippen molar-refractivity contribution in [3.8, 4) is 5.75 Å². The molecule has 4 rings (SSSR count). The Balaban J connectivity index is 1.74. The number of nitrogens with zero attached hydrogens (tertiary/aromatic N) is 2. The molecule has 1 N–H and O–H groups in total. The van der Waals surface area contributed by atoms with E-state index in [2.05, 4.69) is 5.32 Å². The SMILES string of the molecule is CCC(C(=O)NC1CCCCC1)N(Cc1ccccc1Cl)C(=O)CN(c1ccc(OC)c(Cl)c1)S(=O)(=O)c1ccc(C)cc1. The zero-order valence-electron chi connectivity index (χ0n) is 25.3. The number of methoxy groups -OCH3 is 1. The van der Waals surface area contributed by atoms with E-state index in [1.54, 1.807) is 42.5 Å². The summed E-state index contributed by atoms with van der Waals surface area (Å²) in [6.45, 7) is 3.15. The van der Waals surface area contributed by atoms with Crippen molar-refractivity contribution in [1.82, 2.24) is 10.2 Å². The average Bonchev–Trinajstić information content (AvgIpc) is 3.01. The Labute approximate surface area is 270 Å². The number of carbonyl (C=O) groups is 2. The van der Waals surface area contributed by atoms with Gasteiger partial charge in [0.05, 0.1) is 22.7 Å². The lowest BCUT2D eigenvalue weighted by molar-refractivity contribution is -0.140. The highest BCUT2D eigenvalue weighted by atomic mass is 35.5. The van der Waals surface area contributed by atoms with Crippen molar-refractivity contribution in [1.29, 1.82) is 0 Å². The Morgan fingerprint density at radius 2 is 1.66 bits per heavy atom. The van der Waals surface area contributed by atoms with Crippen molar-refractivity contribution in [3.63, 3.8) is 0 Å². The van der Waals surface area contributed by atoms with E-state index in [-0.39, 0.29) is 34.1 Å². The average molecular weight is 661 g/mol. The molecule has 8 nitrogen and oxygen atoms in total. The van der Waals surface area contributed by atoms with Gasteiger partial charge in [0.25, 0.3) is 10.0 Å². The van der Waals surface area contributed by atoms with Crippen LogP contribution < -0.4 is 14.4 Å². The fraction of sp³-hybridized carbons (Fsp3) is 0.394. The van der Waals surface area contributed by atoms with Gasteiger partial charge in [0.2, 0.25) is 11.8 Å². The Morgan fingerprint density at radius 3 is 2.27 bits per heavy atom. The molecule has 1 saturated carbocycles. The van der Waals surface area contributed by atoms with Crippen LogP contribution in [0.1, 0.15) is 56.6 Å². The van der Waals surface area contributed by atoms with Crippen LogP contribution >= 0.6 is 23.2 Å². The maximum absolute atomic E-state index is 14.3. The summed E-state index contributed by atoms with van der Waals surface area (Å²) in [5.74, 6) is -0.460. The first-order valence-corrected chi connectivity index (χ1v) is 17.0. The van der Waals surface area contributed by atoms with Gasteiger partial charge in [-0.1, -0.05) is 85.3 Å². The van der Waals surface area contributed by atoms with E-state index in [9.17, 15) is 18.0 Å². The van der Waals surface area contributed by atoms with Crippen molar-refractivity contribution < 1.29 is 22.7 Å². The van der Waals surface area contributed by atoms with Gasteiger partial charge < -0.3 is 15.0 Å². The molecular weight excluding hydrogens is 621 g/mol. The number of anilines is 1. The first-order chi connectivity index (χ1) is 21.0. The molecule has 0 aromatic heterocycles. The standard InChI is InChI=1S/C33H39Cl2N3O5S/c1-4-30(33(40)36-25-11-6-5-7-12-25)37(21-24-10-8-9-13-28(24)34)32(39)22-38(26-16-19-31(43-3)29(35)20-26)44(41,42)27-17-14-23(2)15-18-27/h8-10,13-20,25,30H,4-7,11-12,21-22H2,1-3H3,(H,36,40). The van der Waals surface area contributed by atoms with Crippen LogP contribution in [0.15, 0.2) is 71.6 Å². The number of ether oxygens (including phenoxy) is 1. The minimum atomic E-state index is -4.23. The van der Waals surface area contributed by atoms with Crippen LogP contribution in [-0.2, 0) is 26.2 Å². The maximum atomic E-state index is 14.3. The van der Waals surface area contributed by atoms with Crippen LogP contribution in [0, 0.1) is 6.92 Å². The van der Waals surface area contributed by atoms with Crippen LogP contribution in [0.4, 0.5) is 5.69 Å². The lowest BCUT2D eigenvalue weighted by atomic mass is 9.95. The summed E-state index contributed by atoms with van der Waals surface area (Å²) in [5.41, 5.74) is 1.72. The second kappa shape index (κ2) is 15.1. The minimum Gasteiger partial charge on any atom is -0.495 e. The third-order valence-corrected chi connectivity index (χ3v) is 10.4. The molecule has 1 atom stereocenters. The molecule has 1 fully saturated rings. The third kappa shape index (κ3) is 8.06. The molecule has 0 saturated heterocycles. The maximum Gasteiger partial charge on any atom is 0.264 e. The van der Waals surface area contributed by atoms with Gasteiger partial charge in [-0.05, 0) is 68.1 Å². The summed E-state index contributed by atoms with van der Waals surface area (Å²) in [6, 6.07) is 17.2. The second-order valence-corrected chi connectivity index (χ2v) is 13.7. The fourth-order valence-electron chi connectivity index (χ4n) is 5.45. The molecule has 0 heterocycles. The Hall–Kier alpha value is -3.27. The van der Waals surface area contributed by atoms with Gasteiger partial charge in [-0.15, -0.1) is 0 Å². The molecule has 0 aliphatic heterocycles. The molecule has 0 bridgehead atoms. The highest BCUT2D eigenvalue weighted by Crippen LogP contribution is 2.32. The van der Waals surface area contributed by atoms with Crippen LogP contribution in [0.2, 0.25) is 10.0 Å². The zero-order valence-corrected chi connectivity index (χ0v) is 27.6. The van der Waals surface area contributed by atoms with Crippen molar-refractivity contribution in [2.24, 2.45) is 0 Å². The molecule has 3 aromatic rings. The number of aryl methyl sites for hydroxylation is 1. The van der Waals surface area contributed by atoms with E-state index in [1.807, 2.05) is 13.8 Å². The van der Waals surface area contributed by atoms with E-state index in [0.29, 0.717) is 22.8 Å². The van der Waals surface area contributed by atoms with Crippen molar-refractivity contribution in [2.75, 3.05) is 18.0 Å². The molecular formula is C33H39Cl2N3O5S. The molecule has 0 radical (unpaired) electrons. The normalized spacial score (nSPS) is 14.5. The first-order valence-electron chi connectivity index (χ1n) is 14.8. The number of hydrogen-bond donors (Lipinski definition) is 1. The lowest BCUT2D eigenvalue weighted by Crippen LogP contribution is -2.54. The highest BCUT2D eigenvalue weighted by molar-refractivity contribution is 7.92. The highest BCUT2D eigenvalue weighted by Gasteiger charge is 2.35. The Bertz CT molecular complexity index is 1560. The van der Waals surface area contributed by atoms with Crippen LogP contribution in [0.25, 0.3) is 0 Å². The quantitative estimate of drug-likeness (QED) is 0.232. The smallest absolute Gasteiger partial charge is 0.264 e. The molecule has 11 heteroatoms. The van der Waals surface area contributed by atoms with Crippen molar-refractivity contribution >= 4 is 50.7 Å². The molecule has 1 unspecified atom stereocenters. The number of halogens is 2. The van der Waals surface area contributed by atoms with Crippen LogP contribution in [0.5, 0.6) is 5.75 Å². The van der Waals surface area contributed by atoms with Crippen LogP contribution in [0.3, 0.4) is 0 Å². The van der Waals surface area contributed by atoms with E-state index < -0.39 is 28.5 Å². The van der Waals surface area contributed by atoms with Gasteiger partial charge in [0.1, 0.15) is 18.3 Å². The number of nitrogens with one attached hydrogen (secondary N) is 1. The molecule has 1 aliphatic rings. The molecule has 1 aliphatic carbocycles. The largest absolute Gasteiger partial charge is 0.495 e. The van der Waals surface area contributed by atoms with Gasteiger partial charge in [0, 0.05) is 17.6 Å².